The Balaban J connectivity index is 0.00000289. The van der Waals surface area contributed by atoms with E-state index >= 15 is 0 Å². The van der Waals surface area contributed by atoms with Crippen molar-refractivity contribution in [2.75, 3.05) is 32.7 Å². The van der Waals surface area contributed by atoms with E-state index in [9.17, 15) is 18.0 Å². The first kappa shape index (κ1) is 17.5. The summed E-state index contributed by atoms with van der Waals surface area (Å²) in [7, 11) is 0. The molecular formula is C10H19ClF3N3O. The van der Waals surface area contributed by atoms with Gasteiger partial charge in [0.25, 0.3) is 0 Å². The minimum Gasteiger partial charge on any atom is -0.355 e. The quantitative estimate of drug-likeness (QED) is 0.803. The number of nitrogens with zero attached hydrogens (tertiary/aromatic N) is 1. The van der Waals surface area contributed by atoms with E-state index in [1.165, 1.54) is 4.90 Å². The zero-order valence-corrected chi connectivity index (χ0v) is 10.8. The molecule has 8 heteroatoms. The van der Waals surface area contributed by atoms with Crippen molar-refractivity contribution >= 4 is 18.3 Å². The Hall–Kier alpha value is -0.530. The molecule has 1 saturated heterocycles. The number of hydrogen-bond acceptors (Lipinski definition) is 3. The smallest absolute Gasteiger partial charge is 0.355 e. The van der Waals surface area contributed by atoms with Gasteiger partial charge in [0, 0.05) is 19.6 Å². The highest BCUT2D eigenvalue weighted by Crippen LogP contribution is 2.22. The van der Waals surface area contributed by atoms with Gasteiger partial charge >= 0.3 is 6.18 Å². The largest absolute Gasteiger partial charge is 0.401 e. The van der Waals surface area contributed by atoms with Gasteiger partial charge in [-0.15, -0.1) is 12.4 Å². The highest BCUT2D eigenvalue weighted by atomic mass is 35.5. The van der Waals surface area contributed by atoms with Gasteiger partial charge in [-0.3, -0.25) is 9.69 Å². The lowest BCUT2D eigenvalue weighted by atomic mass is 9.97. The minimum absolute atomic E-state index is 0. The van der Waals surface area contributed by atoms with Crippen molar-refractivity contribution in [2.45, 2.75) is 19.0 Å². The SMILES string of the molecule is Cl.NCCNC(=O)C1CCCN(CC(F)(F)F)C1. The number of carbonyl (C=O) groups excluding carboxylic acids is 1. The second-order valence-corrected chi connectivity index (χ2v) is 4.27. The monoisotopic (exact) mass is 289 g/mol. The molecule has 1 amide bonds. The van der Waals surface area contributed by atoms with Crippen LogP contribution in [-0.4, -0.2) is 49.7 Å². The predicted octanol–water partition coefficient (Wildman–Crippen LogP) is 0.757. The van der Waals surface area contributed by atoms with Crippen molar-refractivity contribution in [3.63, 3.8) is 0 Å². The molecule has 1 aliphatic heterocycles. The van der Waals surface area contributed by atoms with Crippen LogP contribution >= 0.6 is 12.4 Å². The first-order valence-electron chi connectivity index (χ1n) is 5.69. The molecule has 1 unspecified atom stereocenters. The fourth-order valence-electron chi connectivity index (χ4n) is 2.01. The number of piperidine rings is 1. The molecule has 1 aliphatic rings. The zero-order chi connectivity index (χ0) is 12.9. The van der Waals surface area contributed by atoms with E-state index in [2.05, 4.69) is 5.32 Å². The summed E-state index contributed by atoms with van der Waals surface area (Å²) in [6.07, 6.45) is -2.93. The molecule has 0 aliphatic carbocycles. The Kier molecular flexibility index (Phi) is 7.58. The summed E-state index contributed by atoms with van der Waals surface area (Å²) in [6, 6.07) is 0. The second-order valence-electron chi connectivity index (χ2n) is 4.27. The lowest BCUT2D eigenvalue weighted by molar-refractivity contribution is -0.152. The van der Waals surface area contributed by atoms with Crippen LogP contribution in [0.15, 0.2) is 0 Å². The van der Waals surface area contributed by atoms with Gasteiger partial charge in [-0.25, -0.2) is 0 Å². The molecule has 0 radical (unpaired) electrons. The normalized spacial score (nSPS) is 21.2. The van der Waals surface area contributed by atoms with Gasteiger partial charge in [0.05, 0.1) is 12.5 Å². The number of amides is 1. The summed E-state index contributed by atoms with van der Waals surface area (Å²) in [5.74, 6) is -0.542. The number of carbonyl (C=O) groups is 1. The van der Waals surface area contributed by atoms with Gasteiger partial charge in [0.1, 0.15) is 0 Å². The fourth-order valence-corrected chi connectivity index (χ4v) is 2.01. The van der Waals surface area contributed by atoms with Gasteiger partial charge in [-0.05, 0) is 19.4 Å². The number of rotatable bonds is 4. The Labute approximate surface area is 110 Å². The standard InChI is InChI=1S/C10H18F3N3O.ClH/c11-10(12,13)7-16-5-1-2-8(6-16)9(17)15-4-3-14;/h8H,1-7,14H2,(H,15,17);1H. The van der Waals surface area contributed by atoms with Crippen LogP contribution < -0.4 is 11.1 Å². The third-order valence-electron chi connectivity index (χ3n) is 2.72. The Morgan fingerprint density at radius 3 is 2.67 bits per heavy atom. The van der Waals surface area contributed by atoms with Crippen molar-refractivity contribution in [1.82, 2.24) is 10.2 Å². The van der Waals surface area contributed by atoms with Crippen LogP contribution in [0, 0.1) is 5.92 Å². The average molecular weight is 290 g/mol. The van der Waals surface area contributed by atoms with E-state index < -0.39 is 12.7 Å². The maximum atomic E-state index is 12.2. The van der Waals surface area contributed by atoms with E-state index in [1.54, 1.807) is 0 Å². The molecule has 1 atom stereocenters. The van der Waals surface area contributed by atoms with Crippen LogP contribution in [0.3, 0.4) is 0 Å². The third kappa shape index (κ3) is 6.42. The fraction of sp³-hybridized carbons (Fsp3) is 0.900. The van der Waals surface area contributed by atoms with Crippen molar-refractivity contribution < 1.29 is 18.0 Å². The average Bonchev–Trinajstić information content (AvgIpc) is 2.24. The molecule has 0 aromatic heterocycles. The molecule has 0 saturated carbocycles. The minimum atomic E-state index is -4.20. The first-order valence-corrected chi connectivity index (χ1v) is 5.69. The van der Waals surface area contributed by atoms with Gasteiger partial charge in [-0.2, -0.15) is 13.2 Å². The number of hydrogen-bond donors (Lipinski definition) is 2. The molecule has 1 rings (SSSR count). The number of halogens is 4. The summed E-state index contributed by atoms with van der Waals surface area (Å²) in [5, 5.41) is 2.61. The van der Waals surface area contributed by atoms with Crippen LogP contribution in [0.1, 0.15) is 12.8 Å². The summed E-state index contributed by atoms with van der Waals surface area (Å²) in [6.45, 7) is 0.350. The summed E-state index contributed by atoms with van der Waals surface area (Å²) < 4.78 is 36.6. The number of nitrogens with two attached hydrogens (primary N) is 1. The molecule has 18 heavy (non-hydrogen) atoms. The van der Waals surface area contributed by atoms with Crippen molar-refractivity contribution in [3.05, 3.63) is 0 Å². The molecule has 1 heterocycles. The molecule has 0 aromatic carbocycles. The van der Waals surface area contributed by atoms with Crippen molar-refractivity contribution in [3.8, 4) is 0 Å². The van der Waals surface area contributed by atoms with Gasteiger partial charge < -0.3 is 11.1 Å². The molecular weight excluding hydrogens is 271 g/mol. The maximum absolute atomic E-state index is 12.2. The Bertz CT molecular complexity index is 263. The Morgan fingerprint density at radius 2 is 2.11 bits per heavy atom. The topological polar surface area (TPSA) is 58.4 Å². The van der Waals surface area contributed by atoms with E-state index in [4.69, 9.17) is 5.73 Å². The van der Waals surface area contributed by atoms with Crippen LogP contribution in [-0.2, 0) is 4.79 Å². The molecule has 4 nitrogen and oxygen atoms in total. The zero-order valence-electron chi connectivity index (χ0n) is 10.0. The molecule has 0 spiro atoms. The Morgan fingerprint density at radius 1 is 1.44 bits per heavy atom. The number of alkyl halides is 3. The predicted molar refractivity (Wildman–Crippen MR) is 64.5 cm³/mol. The summed E-state index contributed by atoms with van der Waals surface area (Å²) in [4.78, 5) is 12.9. The highest BCUT2D eigenvalue weighted by Gasteiger charge is 2.34. The summed E-state index contributed by atoms with van der Waals surface area (Å²) >= 11 is 0. The highest BCUT2D eigenvalue weighted by molar-refractivity contribution is 5.85. The van der Waals surface area contributed by atoms with Crippen LogP contribution in [0.5, 0.6) is 0 Å². The van der Waals surface area contributed by atoms with Crippen LogP contribution in [0.4, 0.5) is 13.2 Å². The van der Waals surface area contributed by atoms with Gasteiger partial charge in [0.15, 0.2) is 0 Å². The van der Waals surface area contributed by atoms with Crippen molar-refractivity contribution in [2.24, 2.45) is 11.7 Å². The van der Waals surface area contributed by atoms with Crippen LogP contribution in [0.25, 0.3) is 0 Å². The molecule has 1 fully saturated rings. The van der Waals surface area contributed by atoms with Crippen LogP contribution in [0.2, 0.25) is 0 Å². The van der Waals surface area contributed by atoms with Gasteiger partial charge in [-0.1, -0.05) is 0 Å². The maximum Gasteiger partial charge on any atom is 0.401 e. The number of nitrogens with one attached hydrogen (secondary N) is 1. The third-order valence-corrected chi connectivity index (χ3v) is 2.72. The molecule has 3 N–H and O–H groups in total. The van der Waals surface area contributed by atoms with E-state index in [1.807, 2.05) is 0 Å². The van der Waals surface area contributed by atoms with E-state index in [-0.39, 0.29) is 30.8 Å². The lowest BCUT2D eigenvalue weighted by Crippen LogP contribution is -2.46. The first-order chi connectivity index (χ1) is 7.92. The number of likely N-dealkylation sites (tertiary alicyclic amines) is 1. The van der Waals surface area contributed by atoms with E-state index in [0.29, 0.717) is 32.5 Å². The lowest BCUT2D eigenvalue weighted by Gasteiger charge is -2.32. The molecule has 108 valence electrons. The van der Waals surface area contributed by atoms with E-state index in [0.717, 1.165) is 0 Å². The molecule has 0 bridgehead atoms. The molecule has 0 aromatic rings. The van der Waals surface area contributed by atoms with Gasteiger partial charge in [0.2, 0.25) is 5.91 Å². The summed E-state index contributed by atoms with van der Waals surface area (Å²) in [5.41, 5.74) is 5.24. The van der Waals surface area contributed by atoms with Crippen molar-refractivity contribution in [1.29, 1.82) is 0 Å². The second kappa shape index (κ2) is 7.81.